The van der Waals surface area contributed by atoms with Crippen molar-refractivity contribution in [2.24, 2.45) is 11.7 Å². The molecule has 21 heavy (non-hydrogen) atoms. The molecule has 1 aromatic heterocycles. The molecule has 116 valence electrons. The van der Waals surface area contributed by atoms with E-state index in [1.807, 2.05) is 6.20 Å². The third kappa shape index (κ3) is 4.17. The second-order valence-corrected chi connectivity index (χ2v) is 5.78. The Balaban J connectivity index is 1.92. The van der Waals surface area contributed by atoms with Crippen LogP contribution in [0.25, 0.3) is 0 Å². The maximum atomic E-state index is 11.2. The van der Waals surface area contributed by atoms with Crippen LogP contribution in [0.3, 0.4) is 0 Å². The molecule has 1 unspecified atom stereocenters. The summed E-state index contributed by atoms with van der Waals surface area (Å²) in [4.78, 5) is 18.0. The van der Waals surface area contributed by atoms with Crippen molar-refractivity contribution < 1.29 is 4.79 Å². The van der Waals surface area contributed by atoms with Gasteiger partial charge in [0.25, 0.3) is 0 Å². The van der Waals surface area contributed by atoms with Crippen LogP contribution in [0.1, 0.15) is 44.8 Å². The van der Waals surface area contributed by atoms with Gasteiger partial charge >= 0.3 is 0 Å². The SMILES string of the molecule is CCCNC(C)c1ccc(N2CCC(C(N)=O)CC2)cn1. The smallest absolute Gasteiger partial charge is 0.220 e. The zero-order chi connectivity index (χ0) is 15.2. The fourth-order valence-corrected chi connectivity index (χ4v) is 2.73. The van der Waals surface area contributed by atoms with E-state index >= 15 is 0 Å². The van der Waals surface area contributed by atoms with E-state index in [-0.39, 0.29) is 17.9 Å². The molecule has 0 aliphatic carbocycles. The molecule has 0 saturated carbocycles. The van der Waals surface area contributed by atoms with Gasteiger partial charge in [-0.2, -0.15) is 0 Å². The van der Waals surface area contributed by atoms with Gasteiger partial charge in [-0.05, 0) is 44.9 Å². The maximum Gasteiger partial charge on any atom is 0.220 e. The molecule has 1 atom stereocenters. The highest BCUT2D eigenvalue weighted by atomic mass is 16.1. The molecule has 1 aliphatic heterocycles. The number of anilines is 1. The van der Waals surface area contributed by atoms with Crippen molar-refractivity contribution in [2.75, 3.05) is 24.5 Å². The quantitative estimate of drug-likeness (QED) is 0.838. The first-order valence-corrected chi connectivity index (χ1v) is 7.85. The number of nitrogens with one attached hydrogen (secondary N) is 1. The minimum Gasteiger partial charge on any atom is -0.370 e. The zero-order valence-corrected chi connectivity index (χ0v) is 13.0. The van der Waals surface area contributed by atoms with E-state index in [1.54, 1.807) is 0 Å². The molecule has 1 aromatic rings. The van der Waals surface area contributed by atoms with Crippen molar-refractivity contribution in [1.82, 2.24) is 10.3 Å². The number of pyridine rings is 1. The number of aromatic nitrogens is 1. The van der Waals surface area contributed by atoms with Crippen molar-refractivity contribution in [3.8, 4) is 0 Å². The minimum atomic E-state index is -0.168. The number of amides is 1. The predicted octanol–water partition coefficient (Wildman–Crippen LogP) is 1.84. The van der Waals surface area contributed by atoms with Crippen molar-refractivity contribution in [1.29, 1.82) is 0 Å². The van der Waals surface area contributed by atoms with Gasteiger partial charge in [0, 0.05) is 25.0 Å². The van der Waals surface area contributed by atoms with Crippen molar-refractivity contribution >= 4 is 11.6 Å². The second kappa shape index (κ2) is 7.41. The number of carbonyl (C=O) groups is 1. The topological polar surface area (TPSA) is 71.2 Å². The Morgan fingerprint density at radius 1 is 1.48 bits per heavy atom. The molecule has 0 radical (unpaired) electrons. The first-order valence-electron chi connectivity index (χ1n) is 7.85. The molecule has 0 aromatic carbocycles. The van der Waals surface area contributed by atoms with Crippen molar-refractivity contribution in [2.45, 2.75) is 39.2 Å². The Morgan fingerprint density at radius 3 is 2.71 bits per heavy atom. The number of nitrogens with zero attached hydrogens (tertiary/aromatic N) is 2. The van der Waals surface area contributed by atoms with E-state index in [1.165, 1.54) is 0 Å². The summed E-state index contributed by atoms with van der Waals surface area (Å²) in [7, 11) is 0. The number of piperidine rings is 1. The molecule has 1 amide bonds. The van der Waals surface area contributed by atoms with Crippen LogP contribution in [-0.2, 0) is 4.79 Å². The number of hydrogen-bond donors (Lipinski definition) is 2. The first kappa shape index (κ1) is 15.8. The lowest BCUT2D eigenvalue weighted by atomic mass is 9.96. The predicted molar refractivity (Wildman–Crippen MR) is 85.1 cm³/mol. The van der Waals surface area contributed by atoms with Gasteiger partial charge in [0.1, 0.15) is 0 Å². The van der Waals surface area contributed by atoms with Crippen LogP contribution in [0, 0.1) is 5.92 Å². The average Bonchev–Trinajstić information content (AvgIpc) is 2.53. The molecule has 5 nitrogen and oxygen atoms in total. The van der Waals surface area contributed by atoms with Crippen molar-refractivity contribution in [3.63, 3.8) is 0 Å². The van der Waals surface area contributed by atoms with E-state index in [9.17, 15) is 4.79 Å². The fourth-order valence-electron chi connectivity index (χ4n) is 2.73. The summed E-state index contributed by atoms with van der Waals surface area (Å²) in [5, 5.41) is 3.44. The van der Waals surface area contributed by atoms with Crippen LogP contribution in [0.4, 0.5) is 5.69 Å². The highest BCUT2D eigenvalue weighted by Crippen LogP contribution is 2.23. The molecule has 5 heteroatoms. The van der Waals surface area contributed by atoms with Crippen LogP contribution in [0.2, 0.25) is 0 Å². The van der Waals surface area contributed by atoms with Crippen LogP contribution < -0.4 is 16.0 Å². The Labute approximate surface area is 126 Å². The lowest BCUT2D eigenvalue weighted by Crippen LogP contribution is -2.38. The standard InChI is InChI=1S/C16H26N4O/c1-3-8-18-12(2)15-5-4-14(11-19-15)20-9-6-13(7-10-20)16(17)21/h4-5,11-13,18H,3,6-10H2,1-2H3,(H2,17,21). The van der Waals surface area contributed by atoms with E-state index in [2.05, 4.69) is 41.2 Å². The summed E-state index contributed by atoms with van der Waals surface area (Å²) in [6.07, 6.45) is 4.73. The maximum absolute atomic E-state index is 11.2. The molecule has 1 fully saturated rings. The van der Waals surface area contributed by atoms with Gasteiger partial charge < -0.3 is 16.0 Å². The van der Waals surface area contributed by atoms with Gasteiger partial charge in [0.05, 0.1) is 17.6 Å². The van der Waals surface area contributed by atoms with Gasteiger partial charge in [-0.15, -0.1) is 0 Å². The highest BCUT2D eigenvalue weighted by Gasteiger charge is 2.23. The molecule has 1 aliphatic rings. The number of nitrogens with two attached hydrogens (primary N) is 1. The highest BCUT2D eigenvalue weighted by molar-refractivity contribution is 5.77. The van der Waals surface area contributed by atoms with Gasteiger partial charge in [-0.1, -0.05) is 6.92 Å². The molecule has 0 spiro atoms. The van der Waals surface area contributed by atoms with E-state index < -0.39 is 0 Å². The number of primary amides is 1. The minimum absolute atomic E-state index is 0.0340. The summed E-state index contributed by atoms with van der Waals surface area (Å²) in [6.45, 7) is 7.05. The van der Waals surface area contributed by atoms with Crippen LogP contribution in [0.15, 0.2) is 18.3 Å². The lowest BCUT2D eigenvalue weighted by Gasteiger charge is -2.32. The number of hydrogen-bond acceptors (Lipinski definition) is 4. The molecule has 0 bridgehead atoms. The van der Waals surface area contributed by atoms with Crippen LogP contribution in [0.5, 0.6) is 0 Å². The fraction of sp³-hybridized carbons (Fsp3) is 0.625. The summed E-state index contributed by atoms with van der Waals surface area (Å²) in [5.41, 5.74) is 7.57. The third-order valence-electron chi connectivity index (χ3n) is 4.18. The zero-order valence-electron chi connectivity index (χ0n) is 13.0. The summed E-state index contributed by atoms with van der Waals surface area (Å²) in [5.74, 6) is -0.134. The summed E-state index contributed by atoms with van der Waals surface area (Å²) in [6, 6.07) is 4.49. The Kier molecular flexibility index (Phi) is 5.56. The van der Waals surface area contributed by atoms with E-state index in [0.29, 0.717) is 0 Å². The first-order chi connectivity index (χ1) is 10.1. The molecule has 1 saturated heterocycles. The third-order valence-corrected chi connectivity index (χ3v) is 4.18. The Morgan fingerprint density at radius 2 is 2.19 bits per heavy atom. The molecule has 3 N–H and O–H groups in total. The van der Waals surface area contributed by atoms with Crippen molar-refractivity contribution in [3.05, 3.63) is 24.0 Å². The average molecular weight is 290 g/mol. The van der Waals surface area contributed by atoms with Gasteiger partial charge in [0.15, 0.2) is 0 Å². The monoisotopic (exact) mass is 290 g/mol. The lowest BCUT2D eigenvalue weighted by molar-refractivity contribution is -0.122. The summed E-state index contributed by atoms with van der Waals surface area (Å²) >= 11 is 0. The molecule has 2 rings (SSSR count). The summed E-state index contributed by atoms with van der Waals surface area (Å²) < 4.78 is 0. The molecular formula is C16H26N4O. The Hall–Kier alpha value is -1.62. The number of carbonyl (C=O) groups excluding carboxylic acids is 1. The van der Waals surface area contributed by atoms with Crippen LogP contribution in [-0.4, -0.2) is 30.5 Å². The second-order valence-electron chi connectivity index (χ2n) is 5.78. The van der Waals surface area contributed by atoms with E-state index in [4.69, 9.17) is 5.73 Å². The van der Waals surface area contributed by atoms with E-state index in [0.717, 1.165) is 50.3 Å². The van der Waals surface area contributed by atoms with Gasteiger partial charge in [-0.25, -0.2) is 0 Å². The molecule has 2 heterocycles. The largest absolute Gasteiger partial charge is 0.370 e. The van der Waals surface area contributed by atoms with Gasteiger partial charge in [0.2, 0.25) is 5.91 Å². The van der Waals surface area contributed by atoms with Crippen LogP contribution >= 0.6 is 0 Å². The van der Waals surface area contributed by atoms with Gasteiger partial charge in [-0.3, -0.25) is 9.78 Å². The normalized spacial score (nSPS) is 17.7. The molecular weight excluding hydrogens is 264 g/mol. The number of rotatable bonds is 6. The Bertz CT molecular complexity index is 452.